The van der Waals surface area contributed by atoms with Crippen molar-refractivity contribution in [2.45, 2.75) is 52.0 Å². The molecule has 0 bridgehead atoms. The molecule has 3 aromatic rings. The average Bonchev–Trinajstić information content (AvgIpc) is 3.61. The number of ether oxygens (including phenoxy) is 1. The molecule has 1 N–H and O–H groups in total. The van der Waals surface area contributed by atoms with Crippen molar-refractivity contribution in [1.82, 2.24) is 15.4 Å². The van der Waals surface area contributed by atoms with E-state index in [0.717, 1.165) is 84.5 Å². The monoisotopic (exact) mass is 474 g/mol. The summed E-state index contributed by atoms with van der Waals surface area (Å²) >= 11 is 0. The zero-order valence-electron chi connectivity index (χ0n) is 21.3. The van der Waals surface area contributed by atoms with Gasteiger partial charge in [-0.1, -0.05) is 17.3 Å². The third-order valence-corrected chi connectivity index (χ3v) is 7.04. The minimum absolute atomic E-state index is 0.727. The maximum Gasteiger partial charge on any atom is 0.173 e. The van der Waals surface area contributed by atoms with Crippen LogP contribution in [0, 0.1) is 30.1 Å². The first kappa shape index (κ1) is 25.2. The SMILES string of the molecule is CNC.Cc1c(OCC2CC2)ccc2c(CCC3CCN(Cc4cccc(C#N)c4)CC3)noc12. The highest BCUT2D eigenvalue weighted by Gasteiger charge is 2.23. The molecule has 35 heavy (non-hydrogen) atoms. The van der Waals surface area contributed by atoms with Crippen molar-refractivity contribution in [2.24, 2.45) is 11.8 Å². The lowest BCUT2D eigenvalue weighted by Gasteiger charge is -2.32. The van der Waals surface area contributed by atoms with Gasteiger partial charge in [0.2, 0.25) is 0 Å². The van der Waals surface area contributed by atoms with Crippen molar-refractivity contribution >= 4 is 11.0 Å². The fraction of sp³-hybridized carbons (Fsp3) is 0.517. The molecule has 2 aliphatic rings. The van der Waals surface area contributed by atoms with Crippen molar-refractivity contribution in [3.8, 4) is 11.8 Å². The zero-order valence-corrected chi connectivity index (χ0v) is 21.3. The highest BCUT2D eigenvalue weighted by Crippen LogP contribution is 2.34. The lowest BCUT2D eigenvalue weighted by Crippen LogP contribution is -2.33. The molecule has 0 amide bonds. The molecule has 2 heterocycles. The van der Waals surface area contributed by atoms with Gasteiger partial charge in [0.05, 0.1) is 23.9 Å². The van der Waals surface area contributed by atoms with Crippen LogP contribution in [0.15, 0.2) is 40.9 Å². The van der Waals surface area contributed by atoms with Gasteiger partial charge < -0.3 is 14.6 Å². The van der Waals surface area contributed by atoms with E-state index in [2.05, 4.69) is 46.6 Å². The van der Waals surface area contributed by atoms with Gasteiger partial charge in [0, 0.05) is 17.5 Å². The Kier molecular flexibility index (Phi) is 8.79. The Balaban J connectivity index is 0.000000917. The average molecular weight is 475 g/mol. The van der Waals surface area contributed by atoms with Crippen LogP contribution in [0.2, 0.25) is 0 Å². The van der Waals surface area contributed by atoms with Crippen molar-refractivity contribution in [2.75, 3.05) is 33.8 Å². The highest BCUT2D eigenvalue weighted by molar-refractivity contribution is 5.84. The highest BCUT2D eigenvalue weighted by atomic mass is 16.5. The Morgan fingerprint density at radius 1 is 1.11 bits per heavy atom. The summed E-state index contributed by atoms with van der Waals surface area (Å²) in [4.78, 5) is 2.50. The summed E-state index contributed by atoms with van der Waals surface area (Å²) in [5.41, 5.74) is 4.99. The van der Waals surface area contributed by atoms with Crippen LogP contribution in [0.5, 0.6) is 5.75 Å². The molecule has 2 aromatic carbocycles. The molecule has 6 nitrogen and oxygen atoms in total. The van der Waals surface area contributed by atoms with Gasteiger partial charge in [-0.05, 0) is 114 Å². The van der Waals surface area contributed by atoms with Crippen LogP contribution in [-0.4, -0.2) is 43.8 Å². The predicted molar refractivity (Wildman–Crippen MR) is 139 cm³/mol. The minimum atomic E-state index is 0.727. The van der Waals surface area contributed by atoms with Gasteiger partial charge in [0.1, 0.15) is 5.75 Å². The maximum absolute atomic E-state index is 9.10. The lowest BCUT2D eigenvalue weighted by molar-refractivity contribution is 0.172. The summed E-state index contributed by atoms with van der Waals surface area (Å²) in [5, 5.41) is 17.4. The smallest absolute Gasteiger partial charge is 0.173 e. The van der Waals surface area contributed by atoms with Crippen LogP contribution in [0.3, 0.4) is 0 Å². The van der Waals surface area contributed by atoms with Crippen molar-refractivity contribution in [1.29, 1.82) is 5.26 Å². The number of benzene rings is 2. The van der Waals surface area contributed by atoms with E-state index in [-0.39, 0.29) is 0 Å². The summed E-state index contributed by atoms with van der Waals surface area (Å²) < 4.78 is 11.7. The van der Waals surface area contributed by atoms with Crippen molar-refractivity contribution < 1.29 is 9.26 Å². The van der Waals surface area contributed by atoms with E-state index in [1.807, 2.05) is 32.3 Å². The molecule has 5 rings (SSSR count). The number of hydrogen-bond acceptors (Lipinski definition) is 6. The number of piperidine rings is 1. The van der Waals surface area contributed by atoms with Gasteiger partial charge in [-0.3, -0.25) is 4.90 Å². The number of fused-ring (bicyclic) bond motifs is 1. The molecule has 0 spiro atoms. The lowest BCUT2D eigenvalue weighted by atomic mass is 9.91. The fourth-order valence-electron chi connectivity index (χ4n) is 4.77. The molecule has 0 radical (unpaired) electrons. The summed E-state index contributed by atoms with van der Waals surface area (Å²) in [7, 11) is 3.75. The first-order valence-corrected chi connectivity index (χ1v) is 12.9. The standard InChI is InChI=1S/C27H31N3O2.C2H7N/c1-19-26(31-18-21-5-6-21)10-8-24-25(29-32-27(19)24)9-7-20-11-13-30(14-12-20)17-23-4-2-3-22(15-23)16-28;1-3-2/h2-4,8,10,15,20-21H,5-7,9,11-14,17-18H2,1H3;3H,1-2H3. The first-order valence-electron chi connectivity index (χ1n) is 12.9. The quantitative estimate of drug-likeness (QED) is 0.466. The van der Waals surface area contributed by atoms with Crippen molar-refractivity contribution in [3.63, 3.8) is 0 Å². The van der Waals surface area contributed by atoms with E-state index >= 15 is 0 Å². The van der Waals surface area contributed by atoms with Gasteiger partial charge in [-0.25, -0.2) is 0 Å². The third-order valence-electron chi connectivity index (χ3n) is 7.04. The normalized spacial score (nSPS) is 16.5. The third kappa shape index (κ3) is 6.84. The van der Waals surface area contributed by atoms with E-state index < -0.39 is 0 Å². The van der Waals surface area contributed by atoms with E-state index in [9.17, 15) is 0 Å². The summed E-state index contributed by atoms with van der Waals surface area (Å²) in [6.45, 7) is 6.04. The second-order valence-corrected chi connectivity index (χ2v) is 10.0. The summed E-state index contributed by atoms with van der Waals surface area (Å²) in [5.74, 6) is 2.40. The Hall–Kier alpha value is -2.88. The van der Waals surface area contributed by atoms with Crippen LogP contribution in [0.1, 0.15) is 54.5 Å². The molecular formula is C29H38N4O2. The van der Waals surface area contributed by atoms with E-state index in [1.165, 1.54) is 31.2 Å². The number of nitriles is 1. The molecule has 0 unspecified atom stereocenters. The second-order valence-electron chi connectivity index (χ2n) is 10.0. The molecule has 0 atom stereocenters. The molecule has 1 saturated heterocycles. The molecular weight excluding hydrogens is 436 g/mol. The minimum Gasteiger partial charge on any atom is -0.493 e. The summed E-state index contributed by atoms with van der Waals surface area (Å²) in [6.07, 6.45) is 7.13. The molecule has 186 valence electrons. The van der Waals surface area contributed by atoms with Crippen LogP contribution in [0.4, 0.5) is 0 Å². The predicted octanol–water partition coefficient (Wildman–Crippen LogP) is 5.48. The Bertz CT molecular complexity index is 1140. The van der Waals surface area contributed by atoms with E-state index in [0.29, 0.717) is 0 Å². The number of aryl methyl sites for hydroxylation is 2. The Labute approximate surface area is 209 Å². The first-order chi connectivity index (χ1) is 17.1. The van der Waals surface area contributed by atoms with Crippen LogP contribution < -0.4 is 10.1 Å². The van der Waals surface area contributed by atoms with Gasteiger partial charge in [0.15, 0.2) is 5.58 Å². The summed E-state index contributed by atoms with van der Waals surface area (Å²) in [6, 6.07) is 14.4. The maximum atomic E-state index is 9.10. The molecule has 1 saturated carbocycles. The molecule has 1 aliphatic heterocycles. The van der Waals surface area contributed by atoms with E-state index in [1.54, 1.807) is 0 Å². The van der Waals surface area contributed by atoms with Crippen LogP contribution in [0.25, 0.3) is 11.0 Å². The molecule has 1 aliphatic carbocycles. The van der Waals surface area contributed by atoms with Gasteiger partial charge in [-0.15, -0.1) is 0 Å². The number of hydrogen-bond donors (Lipinski definition) is 1. The van der Waals surface area contributed by atoms with Gasteiger partial charge in [-0.2, -0.15) is 5.26 Å². The largest absolute Gasteiger partial charge is 0.493 e. The Morgan fingerprint density at radius 3 is 2.60 bits per heavy atom. The van der Waals surface area contributed by atoms with Gasteiger partial charge in [0.25, 0.3) is 0 Å². The van der Waals surface area contributed by atoms with Crippen molar-refractivity contribution in [3.05, 3.63) is 58.8 Å². The number of aromatic nitrogens is 1. The number of likely N-dealkylation sites (tertiary alicyclic amines) is 1. The number of nitrogens with one attached hydrogen (secondary N) is 1. The fourth-order valence-corrected chi connectivity index (χ4v) is 4.77. The van der Waals surface area contributed by atoms with Gasteiger partial charge >= 0.3 is 0 Å². The number of nitrogens with zero attached hydrogens (tertiary/aromatic N) is 3. The van der Waals surface area contributed by atoms with Crippen LogP contribution >= 0.6 is 0 Å². The molecule has 1 aromatic heterocycles. The molecule has 2 fully saturated rings. The number of rotatable bonds is 8. The second kappa shape index (κ2) is 12.2. The van der Waals surface area contributed by atoms with Crippen LogP contribution in [-0.2, 0) is 13.0 Å². The topological polar surface area (TPSA) is 74.3 Å². The molecule has 6 heteroatoms. The van der Waals surface area contributed by atoms with E-state index in [4.69, 9.17) is 14.5 Å². The zero-order chi connectivity index (χ0) is 24.6. The Morgan fingerprint density at radius 2 is 1.89 bits per heavy atom.